The Balaban J connectivity index is 2.13. The second-order valence-electron chi connectivity index (χ2n) is 4.79. The van der Waals surface area contributed by atoms with E-state index in [-0.39, 0.29) is 0 Å². The molecule has 0 N–H and O–H groups in total. The zero-order valence-electron chi connectivity index (χ0n) is 11.6. The highest BCUT2D eigenvalue weighted by Gasteiger charge is 2.13. The first-order valence-corrected chi connectivity index (χ1v) is 8.18. The van der Waals surface area contributed by atoms with Crippen molar-refractivity contribution >= 4 is 34.0 Å². The van der Waals surface area contributed by atoms with E-state index in [0.29, 0.717) is 11.4 Å². The van der Waals surface area contributed by atoms with E-state index in [1.807, 2.05) is 12.1 Å². The Morgan fingerprint density at radius 2 is 2.24 bits per heavy atom. The maximum atomic E-state index is 9.09. The fourth-order valence-corrected chi connectivity index (χ4v) is 3.65. The third-order valence-electron chi connectivity index (χ3n) is 3.60. The molecule has 3 nitrogen and oxygen atoms in total. The van der Waals surface area contributed by atoms with Crippen LogP contribution in [0.5, 0.6) is 0 Å². The smallest absolute Gasteiger partial charge is 0.125 e. The van der Waals surface area contributed by atoms with Gasteiger partial charge in [0.2, 0.25) is 0 Å². The first kappa shape index (κ1) is 14.1. The van der Waals surface area contributed by atoms with Gasteiger partial charge >= 0.3 is 0 Å². The van der Waals surface area contributed by atoms with Crippen LogP contribution in [-0.2, 0) is 18.8 Å². The molecule has 21 heavy (non-hydrogen) atoms. The van der Waals surface area contributed by atoms with Gasteiger partial charge in [0.25, 0.3) is 0 Å². The molecule has 0 saturated heterocycles. The second-order valence-corrected chi connectivity index (χ2v) is 6.05. The number of imidazole rings is 1. The summed E-state index contributed by atoms with van der Waals surface area (Å²) in [5.74, 6) is 1.21. The molecular formula is C16H14ClN3S. The highest BCUT2D eigenvalue weighted by atomic mass is 35.5. The van der Waals surface area contributed by atoms with E-state index in [4.69, 9.17) is 16.9 Å². The lowest BCUT2D eigenvalue weighted by Crippen LogP contribution is -2.04. The van der Waals surface area contributed by atoms with E-state index < -0.39 is 0 Å². The summed E-state index contributed by atoms with van der Waals surface area (Å²) in [6.45, 7) is 2.92. The van der Waals surface area contributed by atoms with Gasteiger partial charge in [0.1, 0.15) is 5.82 Å². The molecular weight excluding hydrogens is 302 g/mol. The van der Waals surface area contributed by atoms with E-state index in [1.54, 1.807) is 17.4 Å². The number of alkyl halides is 1. The molecule has 0 aliphatic carbocycles. The van der Waals surface area contributed by atoms with Crippen LogP contribution in [0.4, 0.5) is 0 Å². The van der Waals surface area contributed by atoms with Gasteiger partial charge < -0.3 is 4.57 Å². The van der Waals surface area contributed by atoms with Crippen molar-refractivity contribution in [2.24, 2.45) is 0 Å². The number of benzene rings is 1. The molecule has 3 rings (SSSR count). The van der Waals surface area contributed by atoms with Crippen LogP contribution in [-0.4, -0.2) is 9.55 Å². The molecule has 0 radical (unpaired) electrons. The molecule has 0 amide bonds. The summed E-state index contributed by atoms with van der Waals surface area (Å²) in [7, 11) is 0. The van der Waals surface area contributed by atoms with Gasteiger partial charge in [-0.3, -0.25) is 0 Å². The molecule has 0 unspecified atom stereocenters. The molecule has 3 aromatic rings. The van der Waals surface area contributed by atoms with Crippen molar-refractivity contribution in [1.82, 2.24) is 9.55 Å². The molecule has 5 heteroatoms. The molecule has 0 atom stereocenters. The summed E-state index contributed by atoms with van der Waals surface area (Å²) in [6.07, 6.45) is 1.02. The van der Waals surface area contributed by atoms with Crippen LogP contribution in [0.3, 0.4) is 0 Å². The SMILES string of the molecule is CCc1ccsc1Cn1c(CCl)nc2ccc(C#N)cc21. The second kappa shape index (κ2) is 5.88. The first-order valence-electron chi connectivity index (χ1n) is 6.77. The number of nitriles is 1. The van der Waals surface area contributed by atoms with E-state index in [2.05, 4.69) is 34.0 Å². The van der Waals surface area contributed by atoms with E-state index >= 15 is 0 Å². The molecule has 0 aliphatic rings. The van der Waals surface area contributed by atoms with Crippen LogP contribution in [0.15, 0.2) is 29.6 Å². The van der Waals surface area contributed by atoms with Gasteiger partial charge in [0, 0.05) is 4.88 Å². The quantitative estimate of drug-likeness (QED) is 0.673. The van der Waals surface area contributed by atoms with Crippen molar-refractivity contribution in [3.05, 3.63) is 51.5 Å². The number of hydrogen-bond donors (Lipinski definition) is 0. The van der Waals surface area contributed by atoms with Crippen molar-refractivity contribution in [3.8, 4) is 6.07 Å². The van der Waals surface area contributed by atoms with Crippen LogP contribution in [0.25, 0.3) is 11.0 Å². The van der Waals surface area contributed by atoms with Crippen LogP contribution < -0.4 is 0 Å². The van der Waals surface area contributed by atoms with Crippen molar-refractivity contribution in [1.29, 1.82) is 5.26 Å². The van der Waals surface area contributed by atoms with Crippen molar-refractivity contribution in [3.63, 3.8) is 0 Å². The topological polar surface area (TPSA) is 41.6 Å². The summed E-state index contributed by atoms with van der Waals surface area (Å²) in [4.78, 5) is 5.89. The van der Waals surface area contributed by atoms with Gasteiger partial charge in [-0.2, -0.15) is 5.26 Å². The zero-order valence-corrected chi connectivity index (χ0v) is 13.2. The van der Waals surface area contributed by atoms with Gasteiger partial charge in [-0.05, 0) is 41.6 Å². The molecule has 0 aliphatic heterocycles. The Labute approximate surface area is 132 Å². The first-order chi connectivity index (χ1) is 10.3. The van der Waals surface area contributed by atoms with Gasteiger partial charge in [0.15, 0.2) is 0 Å². The van der Waals surface area contributed by atoms with Crippen LogP contribution in [0, 0.1) is 11.3 Å². The van der Waals surface area contributed by atoms with Crippen molar-refractivity contribution in [2.75, 3.05) is 0 Å². The Kier molecular flexibility index (Phi) is 3.96. The maximum Gasteiger partial charge on any atom is 0.125 e. The summed E-state index contributed by atoms with van der Waals surface area (Å²) in [5, 5.41) is 11.2. The van der Waals surface area contributed by atoms with Crippen LogP contribution in [0.2, 0.25) is 0 Å². The number of hydrogen-bond acceptors (Lipinski definition) is 3. The molecule has 106 valence electrons. The molecule has 1 aromatic carbocycles. The third kappa shape index (κ3) is 2.55. The summed E-state index contributed by atoms with van der Waals surface area (Å²) in [5.41, 5.74) is 3.87. The van der Waals surface area contributed by atoms with Crippen molar-refractivity contribution < 1.29 is 0 Å². The van der Waals surface area contributed by atoms with Crippen LogP contribution in [0.1, 0.15) is 28.8 Å². The predicted octanol–water partition coefficient (Wildman–Crippen LogP) is 4.32. The van der Waals surface area contributed by atoms with Gasteiger partial charge in [0.05, 0.1) is 35.1 Å². The lowest BCUT2D eigenvalue weighted by Gasteiger charge is -2.08. The molecule has 2 heterocycles. The molecule has 0 saturated carbocycles. The summed E-state index contributed by atoms with van der Waals surface area (Å²) >= 11 is 7.80. The lowest BCUT2D eigenvalue weighted by atomic mass is 10.2. The molecule has 0 spiro atoms. The zero-order chi connectivity index (χ0) is 14.8. The number of aromatic nitrogens is 2. The Morgan fingerprint density at radius 1 is 1.38 bits per heavy atom. The average Bonchev–Trinajstić information content (AvgIpc) is 3.11. The van der Waals surface area contributed by atoms with E-state index in [1.165, 1.54) is 10.4 Å². The lowest BCUT2D eigenvalue weighted by molar-refractivity contribution is 0.782. The standard InChI is InChI=1S/C16H14ClN3S/c1-2-12-5-6-21-15(12)10-20-14-7-11(9-18)3-4-13(14)19-16(20)8-17/h3-7H,2,8,10H2,1H3. The van der Waals surface area contributed by atoms with Crippen molar-refractivity contribution in [2.45, 2.75) is 25.8 Å². The number of nitrogens with zero attached hydrogens (tertiary/aromatic N) is 3. The fourth-order valence-electron chi connectivity index (χ4n) is 2.48. The minimum atomic E-state index is 0.364. The monoisotopic (exact) mass is 315 g/mol. The highest BCUT2D eigenvalue weighted by molar-refractivity contribution is 7.10. The third-order valence-corrected chi connectivity index (χ3v) is 4.78. The van der Waals surface area contributed by atoms with E-state index in [0.717, 1.165) is 29.8 Å². The van der Waals surface area contributed by atoms with E-state index in [9.17, 15) is 0 Å². The predicted molar refractivity (Wildman–Crippen MR) is 86.8 cm³/mol. The molecule has 0 bridgehead atoms. The Morgan fingerprint density at radius 3 is 2.95 bits per heavy atom. The molecule has 2 aromatic heterocycles. The van der Waals surface area contributed by atoms with Gasteiger partial charge in [-0.15, -0.1) is 22.9 Å². The van der Waals surface area contributed by atoms with Gasteiger partial charge in [-0.25, -0.2) is 4.98 Å². The summed E-state index contributed by atoms with van der Waals surface area (Å²) < 4.78 is 2.12. The largest absolute Gasteiger partial charge is 0.322 e. The molecule has 0 fully saturated rings. The fraction of sp³-hybridized carbons (Fsp3) is 0.250. The Bertz CT molecular complexity index is 826. The maximum absolute atomic E-state index is 9.09. The number of aryl methyl sites for hydroxylation is 1. The normalized spacial score (nSPS) is 10.9. The summed E-state index contributed by atoms with van der Waals surface area (Å²) in [6, 6.07) is 9.91. The number of thiophene rings is 1. The number of halogens is 1. The number of rotatable bonds is 4. The average molecular weight is 316 g/mol. The minimum absolute atomic E-state index is 0.364. The highest BCUT2D eigenvalue weighted by Crippen LogP contribution is 2.24. The van der Waals surface area contributed by atoms with Crippen LogP contribution >= 0.6 is 22.9 Å². The Hall–Kier alpha value is -1.83. The minimum Gasteiger partial charge on any atom is -0.322 e. The number of fused-ring (bicyclic) bond motifs is 1. The van der Waals surface area contributed by atoms with Gasteiger partial charge in [-0.1, -0.05) is 6.92 Å².